The molecule has 1 aromatic heterocycles. The van der Waals surface area contributed by atoms with Crippen LogP contribution in [0, 0.1) is 11.3 Å². The Hall–Kier alpha value is -1.82. The Kier molecular flexibility index (Phi) is 7.74. The summed E-state index contributed by atoms with van der Waals surface area (Å²) >= 11 is 17.9. The molecule has 32 heavy (non-hydrogen) atoms. The molecule has 0 saturated carbocycles. The zero-order valence-corrected chi connectivity index (χ0v) is 20.9. The number of likely N-dealkylation sites (tertiary alicyclic amines) is 1. The highest BCUT2D eigenvalue weighted by molar-refractivity contribution is 6.41. The van der Waals surface area contributed by atoms with Crippen molar-refractivity contribution in [2.75, 3.05) is 13.1 Å². The Labute approximate surface area is 204 Å². The Bertz CT molecular complexity index is 992. The lowest BCUT2D eigenvalue weighted by molar-refractivity contribution is -0.137. The number of amides is 2. The monoisotopic (exact) mass is 495 g/mol. The third-order valence-corrected chi connectivity index (χ3v) is 7.03. The molecule has 0 spiro atoms. The van der Waals surface area contributed by atoms with Gasteiger partial charge in [0.05, 0.1) is 10.6 Å². The minimum atomic E-state index is -0.653. The summed E-state index contributed by atoms with van der Waals surface area (Å²) < 4.78 is 0. The van der Waals surface area contributed by atoms with E-state index in [9.17, 15) is 9.59 Å². The van der Waals surface area contributed by atoms with Crippen LogP contribution in [-0.2, 0) is 4.79 Å². The van der Waals surface area contributed by atoms with Gasteiger partial charge in [-0.25, -0.2) is 4.98 Å². The smallest absolute Gasteiger partial charge is 0.253 e. The van der Waals surface area contributed by atoms with Gasteiger partial charge < -0.3 is 10.2 Å². The number of benzene rings is 1. The second kappa shape index (κ2) is 9.98. The summed E-state index contributed by atoms with van der Waals surface area (Å²) in [5.74, 6) is -0.250. The van der Waals surface area contributed by atoms with Crippen molar-refractivity contribution in [1.82, 2.24) is 15.2 Å². The summed E-state index contributed by atoms with van der Waals surface area (Å²) in [6.07, 6.45) is 2.20. The maximum absolute atomic E-state index is 13.4. The number of hydrogen-bond donors (Lipinski definition) is 1. The molecular formula is C24H28Cl3N3O2. The minimum absolute atomic E-state index is 0.0796. The van der Waals surface area contributed by atoms with E-state index < -0.39 is 11.9 Å². The first-order valence-corrected chi connectivity index (χ1v) is 11.8. The molecule has 1 aliphatic heterocycles. The fourth-order valence-electron chi connectivity index (χ4n) is 4.34. The summed E-state index contributed by atoms with van der Waals surface area (Å²) in [7, 11) is 0. The number of carbonyl (C=O) groups excluding carboxylic acids is 2. The molecule has 8 heteroatoms. The van der Waals surface area contributed by atoms with Crippen molar-refractivity contribution in [2.24, 2.45) is 11.3 Å². The van der Waals surface area contributed by atoms with Crippen LogP contribution in [0.2, 0.25) is 15.2 Å². The second-order valence-electron chi connectivity index (χ2n) is 9.33. The van der Waals surface area contributed by atoms with Crippen molar-refractivity contribution in [2.45, 2.75) is 46.1 Å². The van der Waals surface area contributed by atoms with Gasteiger partial charge in [-0.3, -0.25) is 9.59 Å². The lowest BCUT2D eigenvalue weighted by atomic mass is 9.70. The number of piperidine rings is 1. The standard InChI is InChI=1S/C24H28Cl3N3O2/c1-14(2)20(29-22(31)16-11-19(26)21(27)28-12-16)23(32)30-10-9-18(24(3,4)13-30)15-5-7-17(25)8-6-15/h5-8,11-12,14,18,20H,9-10,13H2,1-4H3,(H,29,31)/t18?,20-/m1/s1. The van der Waals surface area contributed by atoms with Crippen molar-refractivity contribution >= 4 is 46.6 Å². The van der Waals surface area contributed by atoms with Crippen molar-refractivity contribution < 1.29 is 9.59 Å². The van der Waals surface area contributed by atoms with E-state index in [1.165, 1.54) is 17.8 Å². The Balaban J connectivity index is 1.73. The molecule has 1 aromatic carbocycles. The first kappa shape index (κ1) is 24.8. The van der Waals surface area contributed by atoms with Crippen LogP contribution in [0.1, 0.15) is 56.0 Å². The van der Waals surface area contributed by atoms with Crippen LogP contribution in [0.4, 0.5) is 0 Å². The van der Waals surface area contributed by atoms with Gasteiger partial charge in [-0.05, 0) is 47.4 Å². The Morgan fingerprint density at radius 3 is 2.38 bits per heavy atom. The number of rotatable bonds is 5. The zero-order valence-electron chi connectivity index (χ0n) is 18.7. The number of nitrogens with zero attached hydrogens (tertiary/aromatic N) is 2. The van der Waals surface area contributed by atoms with E-state index in [1.807, 2.05) is 30.9 Å². The third kappa shape index (κ3) is 5.56. The summed E-state index contributed by atoms with van der Waals surface area (Å²) in [5, 5.41) is 3.90. The van der Waals surface area contributed by atoms with E-state index in [-0.39, 0.29) is 33.0 Å². The van der Waals surface area contributed by atoms with E-state index >= 15 is 0 Å². The summed E-state index contributed by atoms with van der Waals surface area (Å²) in [6, 6.07) is 8.75. The van der Waals surface area contributed by atoms with Gasteiger partial charge in [-0.2, -0.15) is 0 Å². The van der Waals surface area contributed by atoms with Crippen LogP contribution in [0.15, 0.2) is 36.5 Å². The number of carbonyl (C=O) groups is 2. The molecule has 1 unspecified atom stereocenters. The van der Waals surface area contributed by atoms with Gasteiger partial charge >= 0.3 is 0 Å². The first-order chi connectivity index (χ1) is 15.0. The predicted octanol–water partition coefficient (Wildman–Crippen LogP) is 5.84. The molecule has 0 bridgehead atoms. The summed E-state index contributed by atoms with van der Waals surface area (Å²) in [4.78, 5) is 32.0. The fourth-order valence-corrected chi connectivity index (χ4v) is 4.73. The Morgan fingerprint density at radius 2 is 1.81 bits per heavy atom. The number of nitrogens with one attached hydrogen (secondary N) is 1. The van der Waals surface area contributed by atoms with Crippen LogP contribution in [-0.4, -0.2) is 40.8 Å². The maximum atomic E-state index is 13.4. The molecule has 0 aliphatic carbocycles. The fraction of sp³-hybridized carbons (Fsp3) is 0.458. The molecule has 1 saturated heterocycles. The Morgan fingerprint density at radius 1 is 1.16 bits per heavy atom. The highest BCUT2D eigenvalue weighted by Crippen LogP contribution is 2.42. The molecule has 5 nitrogen and oxygen atoms in total. The van der Waals surface area contributed by atoms with Gasteiger partial charge in [0.2, 0.25) is 5.91 Å². The highest BCUT2D eigenvalue weighted by Gasteiger charge is 2.40. The lowest BCUT2D eigenvalue weighted by Gasteiger charge is -2.45. The average molecular weight is 497 g/mol. The van der Waals surface area contributed by atoms with Crippen molar-refractivity contribution in [3.63, 3.8) is 0 Å². The minimum Gasteiger partial charge on any atom is -0.340 e. The van der Waals surface area contributed by atoms with E-state index in [0.29, 0.717) is 24.0 Å². The molecule has 3 rings (SSSR count). The van der Waals surface area contributed by atoms with E-state index in [4.69, 9.17) is 34.8 Å². The number of halogens is 3. The van der Waals surface area contributed by atoms with Gasteiger partial charge in [0, 0.05) is 24.3 Å². The molecule has 1 aliphatic rings. The van der Waals surface area contributed by atoms with Gasteiger partial charge in [-0.15, -0.1) is 0 Å². The zero-order chi connectivity index (χ0) is 23.6. The van der Waals surface area contributed by atoms with Crippen molar-refractivity contribution in [3.8, 4) is 0 Å². The molecule has 2 amide bonds. The van der Waals surface area contributed by atoms with Crippen LogP contribution >= 0.6 is 34.8 Å². The molecule has 1 N–H and O–H groups in total. The molecule has 0 radical (unpaired) electrons. The lowest BCUT2D eigenvalue weighted by Crippen LogP contribution is -2.55. The molecule has 2 heterocycles. The van der Waals surface area contributed by atoms with Gasteiger partial charge in [0.15, 0.2) is 0 Å². The van der Waals surface area contributed by atoms with Crippen molar-refractivity contribution in [1.29, 1.82) is 0 Å². The van der Waals surface area contributed by atoms with Crippen LogP contribution < -0.4 is 5.32 Å². The number of aromatic nitrogens is 1. The molecule has 172 valence electrons. The van der Waals surface area contributed by atoms with Crippen LogP contribution in [0.25, 0.3) is 0 Å². The first-order valence-electron chi connectivity index (χ1n) is 10.7. The molecule has 1 fully saturated rings. The van der Waals surface area contributed by atoms with E-state index in [0.717, 1.165) is 6.42 Å². The average Bonchev–Trinajstić information content (AvgIpc) is 2.73. The van der Waals surface area contributed by atoms with E-state index in [2.05, 4.69) is 36.3 Å². The SMILES string of the molecule is CC(C)[C@@H](NC(=O)c1cnc(Cl)c(Cl)c1)C(=O)N1CCC(c2ccc(Cl)cc2)C(C)(C)C1. The maximum Gasteiger partial charge on any atom is 0.253 e. The quantitative estimate of drug-likeness (QED) is 0.529. The largest absolute Gasteiger partial charge is 0.340 e. The third-order valence-electron chi connectivity index (χ3n) is 6.09. The highest BCUT2D eigenvalue weighted by atomic mass is 35.5. The normalized spacial score (nSPS) is 19.0. The molecule has 2 atom stereocenters. The molecular weight excluding hydrogens is 469 g/mol. The van der Waals surface area contributed by atoms with Gasteiger partial charge in [0.1, 0.15) is 11.2 Å². The summed E-state index contributed by atoms with van der Waals surface area (Å²) in [6.45, 7) is 9.42. The molecule has 2 aromatic rings. The van der Waals surface area contributed by atoms with Crippen LogP contribution in [0.5, 0.6) is 0 Å². The van der Waals surface area contributed by atoms with Crippen LogP contribution in [0.3, 0.4) is 0 Å². The second-order valence-corrected chi connectivity index (χ2v) is 10.5. The number of hydrogen-bond acceptors (Lipinski definition) is 3. The summed E-state index contributed by atoms with van der Waals surface area (Å²) in [5.41, 5.74) is 1.37. The van der Waals surface area contributed by atoms with Crippen molar-refractivity contribution in [3.05, 3.63) is 62.9 Å². The van der Waals surface area contributed by atoms with Gasteiger partial charge in [-0.1, -0.05) is 74.6 Å². The topological polar surface area (TPSA) is 62.3 Å². The van der Waals surface area contributed by atoms with Gasteiger partial charge in [0.25, 0.3) is 5.91 Å². The predicted molar refractivity (Wildman–Crippen MR) is 130 cm³/mol. The van der Waals surface area contributed by atoms with E-state index in [1.54, 1.807) is 0 Å². The number of pyridine rings is 1.